The zero-order valence-corrected chi connectivity index (χ0v) is 13.1. The summed E-state index contributed by atoms with van der Waals surface area (Å²) < 4.78 is 19.8. The van der Waals surface area contributed by atoms with Crippen LogP contribution in [0.3, 0.4) is 0 Å². The molecule has 0 aliphatic heterocycles. The lowest BCUT2D eigenvalue weighted by Gasteiger charge is -2.21. The van der Waals surface area contributed by atoms with E-state index in [-0.39, 0.29) is 11.4 Å². The first-order valence-electron chi connectivity index (χ1n) is 7.12. The third-order valence-electron chi connectivity index (χ3n) is 3.53. The molecule has 0 saturated carbocycles. The van der Waals surface area contributed by atoms with Crippen molar-refractivity contribution in [3.63, 3.8) is 0 Å². The van der Waals surface area contributed by atoms with Gasteiger partial charge in [-0.25, -0.2) is 4.39 Å². The third-order valence-corrected chi connectivity index (χ3v) is 3.53. The highest BCUT2D eigenvalue weighted by atomic mass is 19.1. The first-order valence-corrected chi connectivity index (χ1v) is 7.12. The maximum atomic E-state index is 13.1. The molecule has 22 heavy (non-hydrogen) atoms. The van der Waals surface area contributed by atoms with Crippen LogP contribution in [0.25, 0.3) is 11.3 Å². The molecule has 118 valence electrons. The van der Waals surface area contributed by atoms with E-state index in [4.69, 9.17) is 10.5 Å². The van der Waals surface area contributed by atoms with Crippen molar-refractivity contribution in [1.82, 2.24) is 4.57 Å². The highest BCUT2D eigenvalue weighted by Crippen LogP contribution is 2.21. The van der Waals surface area contributed by atoms with Crippen LogP contribution in [0.1, 0.15) is 19.4 Å². The third kappa shape index (κ3) is 3.43. The molecule has 0 bridgehead atoms. The molecule has 0 saturated heterocycles. The number of hydrogen-bond donors (Lipinski definition) is 1. The van der Waals surface area contributed by atoms with Gasteiger partial charge in [-0.05, 0) is 55.8 Å². The van der Waals surface area contributed by atoms with Crippen molar-refractivity contribution in [3.05, 3.63) is 58.1 Å². The number of halogens is 1. The van der Waals surface area contributed by atoms with Crippen molar-refractivity contribution in [2.24, 2.45) is 5.73 Å². The van der Waals surface area contributed by atoms with Crippen LogP contribution < -0.4 is 11.3 Å². The van der Waals surface area contributed by atoms with Gasteiger partial charge in [-0.1, -0.05) is 0 Å². The Kier molecular flexibility index (Phi) is 4.78. The van der Waals surface area contributed by atoms with Gasteiger partial charge in [-0.2, -0.15) is 0 Å². The molecule has 1 heterocycles. The summed E-state index contributed by atoms with van der Waals surface area (Å²) in [5, 5.41) is 0. The quantitative estimate of drug-likeness (QED) is 0.923. The van der Waals surface area contributed by atoms with Gasteiger partial charge in [-0.3, -0.25) is 4.79 Å². The SMILES string of the molecule is COCCn1c(-c2ccc(F)cc2)ccc(C(C)(C)N)c1=O. The van der Waals surface area contributed by atoms with Crippen LogP contribution in [-0.2, 0) is 16.8 Å². The van der Waals surface area contributed by atoms with E-state index in [1.165, 1.54) is 12.1 Å². The summed E-state index contributed by atoms with van der Waals surface area (Å²) in [4.78, 5) is 12.7. The van der Waals surface area contributed by atoms with Crippen LogP contribution in [-0.4, -0.2) is 18.3 Å². The average Bonchev–Trinajstić information content (AvgIpc) is 2.45. The smallest absolute Gasteiger partial charge is 0.256 e. The lowest BCUT2D eigenvalue weighted by Crippen LogP contribution is -2.38. The molecular formula is C17H21FN2O2. The van der Waals surface area contributed by atoms with Crippen LogP contribution >= 0.6 is 0 Å². The normalized spacial score (nSPS) is 11.7. The van der Waals surface area contributed by atoms with Crippen molar-refractivity contribution in [1.29, 1.82) is 0 Å². The molecule has 0 radical (unpaired) electrons. The van der Waals surface area contributed by atoms with Gasteiger partial charge >= 0.3 is 0 Å². The van der Waals surface area contributed by atoms with E-state index >= 15 is 0 Å². The summed E-state index contributed by atoms with van der Waals surface area (Å²) in [6, 6.07) is 9.64. The number of nitrogens with zero attached hydrogens (tertiary/aromatic N) is 1. The van der Waals surface area contributed by atoms with E-state index in [2.05, 4.69) is 0 Å². The van der Waals surface area contributed by atoms with E-state index in [0.717, 1.165) is 11.3 Å². The number of aromatic nitrogens is 1. The highest BCUT2D eigenvalue weighted by Gasteiger charge is 2.21. The van der Waals surface area contributed by atoms with Crippen LogP contribution in [0.4, 0.5) is 4.39 Å². The highest BCUT2D eigenvalue weighted by molar-refractivity contribution is 5.60. The van der Waals surface area contributed by atoms with E-state index < -0.39 is 5.54 Å². The maximum Gasteiger partial charge on any atom is 0.256 e. The van der Waals surface area contributed by atoms with Crippen LogP contribution in [0.2, 0.25) is 0 Å². The predicted octanol–water partition coefficient (Wildman–Crippen LogP) is 2.49. The fourth-order valence-electron chi connectivity index (χ4n) is 2.35. The minimum absolute atomic E-state index is 0.147. The fourth-order valence-corrected chi connectivity index (χ4v) is 2.35. The van der Waals surface area contributed by atoms with E-state index in [1.807, 2.05) is 6.07 Å². The van der Waals surface area contributed by atoms with Crippen molar-refractivity contribution in [2.45, 2.75) is 25.9 Å². The number of rotatable bonds is 5. The Labute approximate surface area is 129 Å². The molecule has 2 aromatic rings. The second kappa shape index (κ2) is 6.42. The Hall–Kier alpha value is -1.98. The van der Waals surface area contributed by atoms with Crippen molar-refractivity contribution in [2.75, 3.05) is 13.7 Å². The molecule has 1 aromatic heterocycles. The molecule has 2 rings (SSSR count). The maximum absolute atomic E-state index is 13.1. The van der Waals surface area contributed by atoms with Crippen LogP contribution in [0.15, 0.2) is 41.2 Å². The Morgan fingerprint density at radius 3 is 2.36 bits per heavy atom. The number of pyridine rings is 1. The van der Waals surface area contributed by atoms with E-state index in [0.29, 0.717) is 18.7 Å². The topological polar surface area (TPSA) is 57.2 Å². The number of ether oxygens (including phenoxy) is 1. The van der Waals surface area contributed by atoms with Crippen molar-refractivity contribution in [3.8, 4) is 11.3 Å². The molecule has 0 atom stereocenters. The molecule has 2 N–H and O–H groups in total. The Morgan fingerprint density at radius 2 is 1.82 bits per heavy atom. The molecule has 0 unspecified atom stereocenters. The zero-order chi connectivity index (χ0) is 16.3. The molecule has 0 spiro atoms. The number of methoxy groups -OCH3 is 1. The first kappa shape index (κ1) is 16.4. The molecule has 0 amide bonds. The Balaban J connectivity index is 2.61. The molecule has 0 aliphatic carbocycles. The molecule has 5 heteroatoms. The number of nitrogens with two attached hydrogens (primary N) is 1. The molecular weight excluding hydrogens is 283 g/mol. The standard InChI is InChI=1S/C17H21FN2O2/c1-17(2,19)14-8-9-15(12-4-6-13(18)7-5-12)20(16(14)21)10-11-22-3/h4-9H,10-11,19H2,1-3H3. The van der Waals surface area contributed by atoms with Gasteiger partial charge in [0.2, 0.25) is 0 Å². The van der Waals surface area contributed by atoms with Gasteiger partial charge in [-0.15, -0.1) is 0 Å². The van der Waals surface area contributed by atoms with Gasteiger partial charge in [0, 0.05) is 24.8 Å². The minimum Gasteiger partial charge on any atom is -0.383 e. The number of hydrogen-bond acceptors (Lipinski definition) is 3. The monoisotopic (exact) mass is 304 g/mol. The summed E-state index contributed by atoms with van der Waals surface area (Å²) in [5.74, 6) is -0.311. The summed E-state index contributed by atoms with van der Waals surface area (Å²) in [7, 11) is 1.58. The largest absolute Gasteiger partial charge is 0.383 e. The van der Waals surface area contributed by atoms with Gasteiger partial charge in [0.05, 0.1) is 12.3 Å². The molecule has 1 aromatic carbocycles. The minimum atomic E-state index is -0.729. The van der Waals surface area contributed by atoms with Gasteiger partial charge < -0.3 is 15.0 Å². The molecule has 4 nitrogen and oxygen atoms in total. The van der Waals surface area contributed by atoms with Crippen molar-refractivity contribution >= 4 is 0 Å². The second-order valence-corrected chi connectivity index (χ2v) is 5.81. The molecule has 0 aliphatic rings. The van der Waals surface area contributed by atoms with Crippen LogP contribution in [0.5, 0.6) is 0 Å². The number of benzene rings is 1. The fraction of sp³-hybridized carbons (Fsp3) is 0.353. The van der Waals surface area contributed by atoms with E-state index in [1.54, 1.807) is 43.7 Å². The summed E-state index contributed by atoms with van der Waals surface area (Å²) in [6.45, 7) is 4.40. The van der Waals surface area contributed by atoms with Gasteiger partial charge in [0.1, 0.15) is 5.82 Å². The lowest BCUT2D eigenvalue weighted by molar-refractivity contribution is 0.186. The second-order valence-electron chi connectivity index (χ2n) is 5.81. The average molecular weight is 304 g/mol. The van der Waals surface area contributed by atoms with Crippen LogP contribution in [0, 0.1) is 5.82 Å². The first-order chi connectivity index (χ1) is 10.3. The lowest BCUT2D eigenvalue weighted by atomic mass is 9.96. The van der Waals surface area contributed by atoms with Gasteiger partial charge in [0.15, 0.2) is 0 Å². The Bertz CT molecular complexity index is 700. The zero-order valence-electron chi connectivity index (χ0n) is 13.1. The van der Waals surface area contributed by atoms with E-state index in [9.17, 15) is 9.18 Å². The summed E-state index contributed by atoms with van der Waals surface area (Å²) in [6.07, 6.45) is 0. The van der Waals surface area contributed by atoms with Crippen molar-refractivity contribution < 1.29 is 9.13 Å². The Morgan fingerprint density at radius 1 is 1.18 bits per heavy atom. The summed E-state index contributed by atoms with van der Waals surface area (Å²) >= 11 is 0. The summed E-state index contributed by atoms with van der Waals surface area (Å²) in [5.41, 5.74) is 7.22. The predicted molar refractivity (Wildman–Crippen MR) is 85.2 cm³/mol. The molecule has 0 fully saturated rings. The van der Waals surface area contributed by atoms with Gasteiger partial charge in [0.25, 0.3) is 5.56 Å².